The third kappa shape index (κ3) is 2.87. The average Bonchev–Trinajstić information content (AvgIpc) is 2.61. The van der Waals surface area contributed by atoms with Gasteiger partial charge in [-0.25, -0.2) is 0 Å². The second-order valence-electron chi connectivity index (χ2n) is 5.33. The van der Waals surface area contributed by atoms with E-state index in [1.165, 1.54) is 0 Å². The SMILES string of the molecule is COCCN1C(=O)c2ccccc2NC1c1ccccc1OC. The zero-order chi connectivity index (χ0) is 16.2. The minimum atomic E-state index is -0.288. The van der Waals surface area contributed by atoms with Crippen LogP contribution in [0.1, 0.15) is 22.1 Å². The monoisotopic (exact) mass is 312 g/mol. The normalized spacial score (nSPS) is 16.7. The van der Waals surface area contributed by atoms with Crippen molar-refractivity contribution in [3.8, 4) is 5.75 Å². The quantitative estimate of drug-likeness (QED) is 0.922. The molecule has 1 unspecified atom stereocenters. The van der Waals surface area contributed by atoms with Gasteiger partial charge in [0.25, 0.3) is 5.91 Å². The number of ether oxygens (including phenoxy) is 2. The maximum Gasteiger partial charge on any atom is 0.257 e. The molecule has 1 aliphatic heterocycles. The van der Waals surface area contributed by atoms with Crippen molar-refractivity contribution >= 4 is 11.6 Å². The van der Waals surface area contributed by atoms with E-state index in [0.29, 0.717) is 18.7 Å². The Hall–Kier alpha value is -2.53. The molecule has 3 rings (SSSR count). The zero-order valence-corrected chi connectivity index (χ0v) is 13.3. The van der Waals surface area contributed by atoms with Crippen LogP contribution in [0.2, 0.25) is 0 Å². The van der Waals surface area contributed by atoms with E-state index in [4.69, 9.17) is 9.47 Å². The summed E-state index contributed by atoms with van der Waals surface area (Å²) in [6.07, 6.45) is -0.288. The second-order valence-corrected chi connectivity index (χ2v) is 5.33. The van der Waals surface area contributed by atoms with Gasteiger partial charge in [-0.05, 0) is 18.2 Å². The smallest absolute Gasteiger partial charge is 0.257 e. The molecule has 0 aliphatic carbocycles. The number of rotatable bonds is 5. The summed E-state index contributed by atoms with van der Waals surface area (Å²) in [5.41, 5.74) is 2.44. The number of fused-ring (bicyclic) bond motifs is 1. The first-order chi connectivity index (χ1) is 11.3. The number of carbonyl (C=O) groups excluding carboxylic acids is 1. The van der Waals surface area contributed by atoms with Crippen molar-refractivity contribution in [3.05, 3.63) is 59.7 Å². The van der Waals surface area contributed by atoms with Crippen LogP contribution in [0.5, 0.6) is 5.75 Å². The molecule has 1 amide bonds. The Morgan fingerprint density at radius 3 is 2.61 bits per heavy atom. The lowest BCUT2D eigenvalue weighted by Gasteiger charge is -2.38. The van der Waals surface area contributed by atoms with Crippen LogP contribution in [-0.2, 0) is 4.74 Å². The van der Waals surface area contributed by atoms with E-state index in [2.05, 4.69) is 5.32 Å². The Morgan fingerprint density at radius 2 is 1.83 bits per heavy atom. The number of nitrogens with one attached hydrogen (secondary N) is 1. The zero-order valence-electron chi connectivity index (χ0n) is 13.3. The van der Waals surface area contributed by atoms with Gasteiger partial charge in [-0.3, -0.25) is 4.79 Å². The van der Waals surface area contributed by atoms with Gasteiger partial charge in [0.15, 0.2) is 0 Å². The van der Waals surface area contributed by atoms with E-state index in [0.717, 1.165) is 17.0 Å². The highest BCUT2D eigenvalue weighted by atomic mass is 16.5. The van der Waals surface area contributed by atoms with Crippen molar-refractivity contribution < 1.29 is 14.3 Å². The number of anilines is 1. The summed E-state index contributed by atoms with van der Waals surface area (Å²) >= 11 is 0. The Morgan fingerprint density at radius 1 is 1.09 bits per heavy atom. The van der Waals surface area contributed by atoms with Crippen molar-refractivity contribution in [2.75, 3.05) is 32.7 Å². The Balaban J connectivity index is 2.04. The summed E-state index contributed by atoms with van der Waals surface area (Å²) < 4.78 is 10.6. The molecule has 5 heteroatoms. The van der Waals surface area contributed by atoms with Crippen molar-refractivity contribution in [1.82, 2.24) is 4.90 Å². The number of nitrogens with zero attached hydrogens (tertiary/aromatic N) is 1. The fourth-order valence-electron chi connectivity index (χ4n) is 2.85. The van der Waals surface area contributed by atoms with Crippen LogP contribution in [0.25, 0.3) is 0 Å². The maximum atomic E-state index is 12.9. The van der Waals surface area contributed by atoms with Crippen molar-refractivity contribution in [2.24, 2.45) is 0 Å². The summed E-state index contributed by atoms with van der Waals surface area (Å²) in [5, 5.41) is 3.45. The number of hydrogen-bond donors (Lipinski definition) is 1. The molecular weight excluding hydrogens is 292 g/mol. The number of hydrogen-bond acceptors (Lipinski definition) is 4. The van der Waals surface area contributed by atoms with Crippen LogP contribution in [-0.4, -0.2) is 38.2 Å². The molecule has 5 nitrogen and oxygen atoms in total. The second kappa shape index (κ2) is 6.71. The highest BCUT2D eigenvalue weighted by Crippen LogP contribution is 2.36. The molecule has 0 fully saturated rings. The van der Waals surface area contributed by atoms with Crippen molar-refractivity contribution in [1.29, 1.82) is 0 Å². The molecule has 0 aromatic heterocycles. The van der Waals surface area contributed by atoms with E-state index in [1.54, 1.807) is 19.1 Å². The van der Waals surface area contributed by atoms with Crippen LogP contribution < -0.4 is 10.1 Å². The van der Waals surface area contributed by atoms with E-state index in [9.17, 15) is 4.79 Å². The van der Waals surface area contributed by atoms with Crippen molar-refractivity contribution in [2.45, 2.75) is 6.17 Å². The van der Waals surface area contributed by atoms with Gasteiger partial charge in [0.2, 0.25) is 0 Å². The third-order valence-corrected chi connectivity index (χ3v) is 3.99. The molecule has 0 spiro atoms. The molecule has 1 heterocycles. The van der Waals surface area contributed by atoms with Gasteiger partial charge in [0.1, 0.15) is 11.9 Å². The van der Waals surface area contributed by atoms with E-state index < -0.39 is 0 Å². The van der Waals surface area contributed by atoms with Gasteiger partial charge in [-0.15, -0.1) is 0 Å². The molecular formula is C18H20N2O3. The molecule has 0 radical (unpaired) electrons. The number of benzene rings is 2. The summed E-state index contributed by atoms with van der Waals surface area (Å²) in [4.78, 5) is 14.7. The molecule has 23 heavy (non-hydrogen) atoms. The lowest BCUT2D eigenvalue weighted by molar-refractivity contribution is 0.0607. The van der Waals surface area contributed by atoms with Gasteiger partial charge in [-0.2, -0.15) is 0 Å². The van der Waals surface area contributed by atoms with E-state index in [1.807, 2.05) is 48.5 Å². The summed E-state index contributed by atoms with van der Waals surface area (Å²) in [5.74, 6) is 0.743. The first kappa shape index (κ1) is 15.4. The fourth-order valence-corrected chi connectivity index (χ4v) is 2.85. The standard InChI is InChI=1S/C18H20N2O3/c1-22-12-11-20-17(14-8-4-6-10-16(14)23-2)19-15-9-5-3-7-13(15)18(20)21/h3-10,17,19H,11-12H2,1-2H3. The van der Waals surface area contributed by atoms with Crippen molar-refractivity contribution in [3.63, 3.8) is 0 Å². The third-order valence-electron chi connectivity index (χ3n) is 3.99. The van der Waals surface area contributed by atoms with Gasteiger partial charge < -0.3 is 19.7 Å². The van der Waals surface area contributed by atoms with Crippen LogP contribution in [0.3, 0.4) is 0 Å². The summed E-state index contributed by atoms with van der Waals surface area (Å²) in [6.45, 7) is 0.973. The molecule has 2 aromatic carbocycles. The largest absolute Gasteiger partial charge is 0.496 e. The molecule has 1 aliphatic rings. The lowest BCUT2D eigenvalue weighted by atomic mass is 10.0. The van der Waals surface area contributed by atoms with Gasteiger partial charge in [0, 0.05) is 24.9 Å². The van der Waals surface area contributed by atoms with E-state index >= 15 is 0 Å². The Bertz CT molecular complexity index is 702. The predicted molar refractivity (Wildman–Crippen MR) is 88.7 cm³/mol. The number of methoxy groups -OCH3 is 2. The molecule has 1 N–H and O–H groups in total. The van der Waals surface area contributed by atoms with Crippen LogP contribution >= 0.6 is 0 Å². The molecule has 1 atom stereocenters. The van der Waals surface area contributed by atoms with Gasteiger partial charge >= 0.3 is 0 Å². The number of carbonyl (C=O) groups is 1. The first-order valence-electron chi connectivity index (χ1n) is 7.54. The number of amides is 1. The van der Waals surface area contributed by atoms with Gasteiger partial charge in [0.05, 0.1) is 19.3 Å². The Labute approximate surface area is 135 Å². The Kier molecular flexibility index (Phi) is 4.48. The van der Waals surface area contributed by atoms with Crippen LogP contribution in [0, 0.1) is 0 Å². The summed E-state index contributed by atoms with van der Waals surface area (Å²) in [7, 11) is 3.27. The fraction of sp³-hybridized carbons (Fsp3) is 0.278. The van der Waals surface area contributed by atoms with Crippen LogP contribution in [0.15, 0.2) is 48.5 Å². The lowest BCUT2D eigenvalue weighted by Crippen LogP contribution is -2.44. The highest BCUT2D eigenvalue weighted by Gasteiger charge is 2.33. The molecule has 120 valence electrons. The van der Waals surface area contributed by atoms with Crippen LogP contribution in [0.4, 0.5) is 5.69 Å². The van der Waals surface area contributed by atoms with Gasteiger partial charge in [-0.1, -0.05) is 30.3 Å². The number of para-hydroxylation sites is 2. The highest BCUT2D eigenvalue weighted by molar-refractivity contribution is 6.01. The molecule has 0 saturated heterocycles. The minimum Gasteiger partial charge on any atom is -0.496 e. The van der Waals surface area contributed by atoms with E-state index in [-0.39, 0.29) is 12.1 Å². The minimum absolute atomic E-state index is 0.00712. The average molecular weight is 312 g/mol. The summed E-state index contributed by atoms with van der Waals surface area (Å²) in [6, 6.07) is 15.3. The topological polar surface area (TPSA) is 50.8 Å². The maximum absolute atomic E-state index is 12.9. The molecule has 0 saturated carbocycles. The molecule has 0 bridgehead atoms. The predicted octanol–water partition coefficient (Wildman–Crippen LogP) is 2.91. The molecule has 2 aromatic rings. The first-order valence-corrected chi connectivity index (χ1v) is 7.54.